The predicted molar refractivity (Wildman–Crippen MR) is 163 cm³/mol. The molecule has 2 atom stereocenters. The van der Waals surface area contributed by atoms with Crippen LogP contribution in [0.1, 0.15) is 42.5 Å². The summed E-state index contributed by atoms with van der Waals surface area (Å²) in [6.45, 7) is 7.35. The Morgan fingerprint density at radius 3 is 2.15 bits per heavy atom. The molecule has 0 fully saturated rings. The quantitative estimate of drug-likeness (QED) is 0.319. The summed E-state index contributed by atoms with van der Waals surface area (Å²) >= 11 is 0. The smallest absolute Gasteiger partial charge is 0.244 e. The van der Waals surface area contributed by atoms with Crippen molar-refractivity contribution in [2.75, 3.05) is 24.2 Å². The van der Waals surface area contributed by atoms with Gasteiger partial charge in [-0.15, -0.1) is 0 Å². The second-order valence-corrected chi connectivity index (χ2v) is 12.4. The first-order valence-electron chi connectivity index (χ1n) is 13.7. The van der Waals surface area contributed by atoms with Crippen molar-refractivity contribution >= 4 is 27.5 Å². The molecule has 41 heavy (non-hydrogen) atoms. The van der Waals surface area contributed by atoms with E-state index in [9.17, 15) is 18.0 Å². The van der Waals surface area contributed by atoms with Gasteiger partial charge >= 0.3 is 0 Å². The fraction of sp³-hybridized carbons (Fsp3) is 0.375. The third-order valence-electron chi connectivity index (χ3n) is 7.03. The molecule has 0 heterocycles. The van der Waals surface area contributed by atoms with Crippen molar-refractivity contribution in [1.29, 1.82) is 0 Å². The summed E-state index contributed by atoms with van der Waals surface area (Å²) < 4.78 is 32.6. The number of hydrogen-bond acceptors (Lipinski definition) is 5. The fourth-order valence-electron chi connectivity index (χ4n) is 4.47. The Balaban J connectivity index is 2.10. The van der Waals surface area contributed by atoms with E-state index in [1.807, 2.05) is 88.4 Å². The number of anilines is 1. The molecule has 0 saturated carbocycles. The summed E-state index contributed by atoms with van der Waals surface area (Å²) in [5, 5.41) is 3.04. The van der Waals surface area contributed by atoms with Crippen LogP contribution in [0, 0.1) is 13.8 Å². The molecule has 3 aromatic carbocycles. The van der Waals surface area contributed by atoms with Gasteiger partial charge in [0.1, 0.15) is 18.3 Å². The Morgan fingerprint density at radius 2 is 1.56 bits per heavy atom. The first-order chi connectivity index (χ1) is 19.4. The van der Waals surface area contributed by atoms with Crippen LogP contribution in [-0.2, 0) is 32.6 Å². The van der Waals surface area contributed by atoms with Crippen molar-refractivity contribution in [2.24, 2.45) is 0 Å². The summed E-state index contributed by atoms with van der Waals surface area (Å²) in [6, 6.07) is 21.4. The molecule has 1 N–H and O–H groups in total. The molecule has 0 radical (unpaired) electrons. The van der Waals surface area contributed by atoms with Crippen LogP contribution in [0.2, 0.25) is 0 Å². The first kappa shape index (κ1) is 31.7. The molecule has 0 aliphatic heterocycles. The van der Waals surface area contributed by atoms with Crippen molar-refractivity contribution in [1.82, 2.24) is 10.2 Å². The van der Waals surface area contributed by atoms with E-state index >= 15 is 0 Å². The lowest BCUT2D eigenvalue weighted by Gasteiger charge is -2.34. The number of sulfonamides is 1. The third-order valence-corrected chi connectivity index (χ3v) is 8.15. The molecule has 0 unspecified atom stereocenters. The van der Waals surface area contributed by atoms with Gasteiger partial charge in [0.25, 0.3) is 0 Å². The summed E-state index contributed by atoms with van der Waals surface area (Å²) in [5.74, 6) is -0.461. The number of methoxy groups -OCH3 is 1. The molecule has 0 bridgehead atoms. The molecular formula is C32H41N3O5S. The third kappa shape index (κ3) is 8.82. The van der Waals surface area contributed by atoms with Gasteiger partial charge in [0.15, 0.2) is 0 Å². The minimum atomic E-state index is -3.90. The van der Waals surface area contributed by atoms with E-state index < -0.39 is 28.5 Å². The van der Waals surface area contributed by atoms with Crippen LogP contribution in [0.25, 0.3) is 0 Å². The molecule has 3 rings (SSSR count). The zero-order chi connectivity index (χ0) is 30.2. The molecule has 0 aliphatic rings. The van der Waals surface area contributed by atoms with Gasteiger partial charge < -0.3 is 15.0 Å². The lowest BCUT2D eigenvalue weighted by Crippen LogP contribution is -2.54. The highest BCUT2D eigenvalue weighted by molar-refractivity contribution is 7.92. The number of carbonyl (C=O) groups is 2. The topological polar surface area (TPSA) is 96.0 Å². The molecule has 2 amide bonds. The maximum atomic E-state index is 14.2. The van der Waals surface area contributed by atoms with Crippen molar-refractivity contribution < 1.29 is 22.7 Å². The SMILES string of the molecule is CC[C@H](C)NC(=O)[C@@H](Cc1ccccc1)N(Cc1ccc(C)cc1)C(=O)CN(c1cc(C)ccc1OC)S(C)(=O)=O. The maximum Gasteiger partial charge on any atom is 0.244 e. The van der Waals surface area contributed by atoms with Gasteiger partial charge in [-0.05, 0) is 56.0 Å². The van der Waals surface area contributed by atoms with Crippen LogP contribution < -0.4 is 14.4 Å². The van der Waals surface area contributed by atoms with Gasteiger partial charge in [0.2, 0.25) is 21.8 Å². The highest BCUT2D eigenvalue weighted by atomic mass is 32.2. The zero-order valence-corrected chi connectivity index (χ0v) is 25.6. The lowest BCUT2D eigenvalue weighted by atomic mass is 10.0. The largest absolute Gasteiger partial charge is 0.495 e. The summed E-state index contributed by atoms with van der Waals surface area (Å²) in [7, 11) is -2.44. The second-order valence-electron chi connectivity index (χ2n) is 10.5. The van der Waals surface area contributed by atoms with Gasteiger partial charge in [0, 0.05) is 19.0 Å². The lowest BCUT2D eigenvalue weighted by molar-refractivity contribution is -0.140. The van der Waals surface area contributed by atoms with Crippen LogP contribution in [0.5, 0.6) is 5.75 Å². The number of nitrogens with one attached hydrogen (secondary N) is 1. The van der Waals surface area contributed by atoms with Gasteiger partial charge in [0.05, 0.1) is 19.1 Å². The van der Waals surface area contributed by atoms with E-state index in [1.165, 1.54) is 12.0 Å². The van der Waals surface area contributed by atoms with Crippen LogP contribution in [0.4, 0.5) is 5.69 Å². The minimum Gasteiger partial charge on any atom is -0.495 e. The number of nitrogens with zero attached hydrogens (tertiary/aromatic N) is 2. The van der Waals surface area contributed by atoms with Crippen molar-refractivity contribution in [3.8, 4) is 5.75 Å². The molecule has 3 aromatic rings. The average molecular weight is 580 g/mol. The normalized spacial score (nSPS) is 12.7. The minimum absolute atomic E-state index is 0.0961. The van der Waals surface area contributed by atoms with E-state index in [0.717, 1.165) is 39.2 Å². The molecule has 0 saturated heterocycles. The number of hydrogen-bond donors (Lipinski definition) is 1. The first-order valence-corrected chi connectivity index (χ1v) is 15.6. The summed E-state index contributed by atoms with van der Waals surface area (Å²) in [6.07, 6.45) is 2.06. The molecule has 220 valence electrons. The van der Waals surface area contributed by atoms with Gasteiger partial charge in [-0.1, -0.05) is 73.2 Å². The van der Waals surface area contributed by atoms with E-state index in [1.54, 1.807) is 12.1 Å². The van der Waals surface area contributed by atoms with E-state index in [2.05, 4.69) is 5.32 Å². The standard InChI is InChI=1S/C32H41N3O5S/c1-7-25(4)33-32(37)29(20-26-11-9-8-10-12-26)34(21-27-16-13-23(2)14-17-27)31(36)22-35(41(6,38)39)28-19-24(3)15-18-30(28)40-5/h8-19,25,29H,7,20-22H2,1-6H3,(H,33,37)/t25-,29+/m0/s1. The van der Waals surface area contributed by atoms with Crippen molar-refractivity contribution in [3.63, 3.8) is 0 Å². The average Bonchev–Trinajstić information content (AvgIpc) is 2.94. The number of benzene rings is 3. The highest BCUT2D eigenvalue weighted by Gasteiger charge is 2.34. The highest BCUT2D eigenvalue weighted by Crippen LogP contribution is 2.31. The van der Waals surface area contributed by atoms with Crippen molar-refractivity contribution in [2.45, 2.75) is 59.2 Å². The van der Waals surface area contributed by atoms with Gasteiger partial charge in [-0.2, -0.15) is 0 Å². The Bertz CT molecular complexity index is 1430. The monoisotopic (exact) mass is 579 g/mol. The summed E-state index contributed by atoms with van der Waals surface area (Å²) in [5.41, 5.74) is 3.86. The molecule has 9 heteroatoms. The van der Waals surface area contributed by atoms with Gasteiger partial charge in [-0.3, -0.25) is 13.9 Å². The Morgan fingerprint density at radius 1 is 0.927 bits per heavy atom. The van der Waals surface area contributed by atoms with Crippen LogP contribution in [-0.4, -0.2) is 57.1 Å². The Kier molecular flexibility index (Phi) is 10.9. The zero-order valence-electron chi connectivity index (χ0n) is 24.8. The molecule has 0 aliphatic carbocycles. The molecule has 0 spiro atoms. The summed E-state index contributed by atoms with van der Waals surface area (Å²) in [4.78, 5) is 29.5. The molecule has 8 nitrogen and oxygen atoms in total. The number of rotatable bonds is 13. The predicted octanol–water partition coefficient (Wildman–Crippen LogP) is 4.63. The van der Waals surface area contributed by atoms with Crippen LogP contribution in [0.3, 0.4) is 0 Å². The van der Waals surface area contributed by atoms with Crippen molar-refractivity contribution in [3.05, 3.63) is 95.1 Å². The fourth-order valence-corrected chi connectivity index (χ4v) is 5.32. The Labute approximate surface area is 244 Å². The van der Waals surface area contributed by atoms with Crippen LogP contribution >= 0.6 is 0 Å². The van der Waals surface area contributed by atoms with E-state index in [4.69, 9.17) is 4.74 Å². The maximum absolute atomic E-state index is 14.2. The van der Waals surface area contributed by atoms with Gasteiger partial charge in [-0.25, -0.2) is 8.42 Å². The van der Waals surface area contributed by atoms with E-state index in [0.29, 0.717) is 5.75 Å². The number of carbonyl (C=O) groups excluding carboxylic acids is 2. The van der Waals surface area contributed by atoms with Crippen LogP contribution in [0.15, 0.2) is 72.8 Å². The number of ether oxygens (including phenoxy) is 1. The van der Waals surface area contributed by atoms with E-state index in [-0.39, 0.29) is 30.6 Å². The number of aryl methyl sites for hydroxylation is 2. The molecule has 0 aromatic heterocycles. The Hall–Kier alpha value is -3.85. The molecular weight excluding hydrogens is 538 g/mol. The second kappa shape index (κ2) is 14.2. The number of amides is 2.